The molecule has 2 aromatic carbocycles. The maximum absolute atomic E-state index is 11.7. The summed E-state index contributed by atoms with van der Waals surface area (Å²) >= 11 is 0. The molecule has 0 saturated heterocycles. The molecule has 110 valence electrons. The molecule has 3 N–H and O–H groups in total. The van der Waals surface area contributed by atoms with E-state index in [1.807, 2.05) is 18.2 Å². The fraction of sp³-hybridized carbons (Fsp3) is 0.188. The molecule has 0 aliphatic heterocycles. The summed E-state index contributed by atoms with van der Waals surface area (Å²) in [5, 5.41) is 22.3. The van der Waals surface area contributed by atoms with Crippen LogP contribution >= 0.6 is 0 Å². The summed E-state index contributed by atoms with van der Waals surface area (Å²) in [5.74, 6) is -0.831. The van der Waals surface area contributed by atoms with Crippen molar-refractivity contribution >= 4 is 11.7 Å². The molecule has 21 heavy (non-hydrogen) atoms. The van der Waals surface area contributed by atoms with Gasteiger partial charge in [-0.05, 0) is 36.8 Å². The van der Waals surface area contributed by atoms with Gasteiger partial charge in [-0.25, -0.2) is 4.79 Å². The Morgan fingerprint density at radius 1 is 1.19 bits per heavy atom. The van der Waals surface area contributed by atoms with Gasteiger partial charge in [-0.15, -0.1) is 0 Å². The van der Waals surface area contributed by atoms with Gasteiger partial charge in [0, 0.05) is 5.69 Å². The number of methoxy groups -OCH3 is 1. The van der Waals surface area contributed by atoms with Gasteiger partial charge in [0.1, 0.15) is 0 Å². The van der Waals surface area contributed by atoms with Crippen LogP contribution in [0.25, 0.3) is 0 Å². The number of carboxylic acids is 1. The number of hydrogen-bond donors (Lipinski definition) is 3. The number of carbonyl (C=O) groups is 1. The molecule has 5 nitrogen and oxygen atoms in total. The number of aromatic hydroxyl groups is 1. The third-order valence-electron chi connectivity index (χ3n) is 3.35. The predicted octanol–water partition coefficient (Wildman–Crippen LogP) is 2.81. The van der Waals surface area contributed by atoms with Crippen LogP contribution in [0.15, 0.2) is 48.5 Å². The highest BCUT2D eigenvalue weighted by Crippen LogP contribution is 2.33. The summed E-state index contributed by atoms with van der Waals surface area (Å²) in [6.45, 7) is 1.56. The number of para-hydroxylation sites is 1. The maximum Gasteiger partial charge on any atom is 0.333 e. The molecule has 2 aromatic rings. The van der Waals surface area contributed by atoms with E-state index in [-0.39, 0.29) is 11.5 Å². The van der Waals surface area contributed by atoms with E-state index in [2.05, 4.69) is 5.32 Å². The van der Waals surface area contributed by atoms with Gasteiger partial charge in [-0.3, -0.25) is 0 Å². The van der Waals surface area contributed by atoms with Gasteiger partial charge in [-0.2, -0.15) is 0 Å². The van der Waals surface area contributed by atoms with Crippen LogP contribution in [-0.4, -0.2) is 23.3 Å². The van der Waals surface area contributed by atoms with E-state index in [1.54, 1.807) is 25.1 Å². The van der Waals surface area contributed by atoms with E-state index in [0.717, 1.165) is 0 Å². The third-order valence-corrected chi connectivity index (χ3v) is 3.35. The predicted molar refractivity (Wildman–Crippen MR) is 79.7 cm³/mol. The van der Waals surface area contributed by atoms with Gasteiger partial charge in [0.2, 0.25) is 0 Å². The molecule has 0 aromatic heterocycles. The second-order valence-electron chi connectivity index (χ2n) is 4.81. The number of phenolic OH excluding ortho intramolecular Hbond substituents is 1. The first kappa shape index (κ1) is 14.7. The van der Waals surface area contributed by atoms with E-state index in [9.17, 15) is 15.0 Å². The summed E-state index contributed by atoms with van der Waals surface area (Å²) in [4.78, 5) is 11.7. The van der Waals surface area contributed by atoms with Crippen molar-refractivity contribution in [2.24, 2.45) is 0 Å². The van der Waals surface area contributed by atoms with Gasteiger partial charge < -0.3 is 20.3 Å². The molecular formula is C16H17NO4. The molecule has 5 heteroatoms. The fourth-order valence-electron chi connectivity index (χ4n) is 2.05. The van der Waals surface area contributed by atoms with Crippen molar-refractivity contribution in [2.45, 2.75) is 12.5 Å². The van der Waals surface area contributed by atoms with Crippen molar-refractivity contribution in [1.29, 1.82) is 0 Å². The summed E-state index contributed by atoms with van der Waals surface area (Å²) in [6.07, 6.45) is 0. The summed E-state index contributed by atoms with van der Waals surface area (Å²) in [7, 11) is 1.42. The van der Waals surface area contributed by atoms with Crippen LogP contribution in [0, 0.1) is 0 Å². The zero-order chi connectivity index (χ0) is 15.5. The Balaban J connectivity index is 2.45. The number of nitrogens with one attached hydrogen (secondary N) is 1. The van der Waals surface area contributed by atoms with Crippen LogP contribution in [0.1, 0.15) is 12.5 Å². The van der Waals surface area contributed by atoms with Crippen molar-refractivity contribution in [3.8, 4) is 11.5 Å². The van der Waals surface area contributed by atoms with Gasteiger partial charge in [-0.1, -0.05) is 24.3 Å². The number of hydrogen-bond acceptors (Lipinski definition) is 4. The highest BCUT2D eigenvalue weighted by molar-refractivity contribution is 5.84. The second kappa shape index (κ2) is 5.75. The lowest BCUT2D eigenvalue weighted by Crippen LogP contribution is -2.40. The number of rotatable bonds is 5. The Morgan fingerprint density at radius 3 is 2.43 bits per heavy atom. The number of carboxylic acid groups (broad SMARTS) is 1. The van der Waals surface area contributed by atoms with Crippen LogP contribution in [0.4, 0.5) is 5.69 Å². The molecule has 0 radical (unpaired) electrons. The summed E-state index contributed by atoms with van der Waals surface area (Å²) in [6, 6.07) is 13.6. The van der Waals surface area contributed by atoms with E-state index in [0.29, 0.717) is 11.3 Å². The fourth-order valence-corrected chi connectivity index (χ4v) is 2.05. The number of aliphatic carboxylic acids is 1. The molecule has 0 fully saturated rings. The third kappa shape index (κ3) is 2.91. The minimum Gasteiger partial charge on any atom is -0.504 e. The van der Waals surface area contributed by atoms with Gasteiger partial charge in [0.05, 0.1) is 7.11 Å². The first-order valence-corrected chi connectivity index (χ1v) is 6.41. The van der Waals surface area contributed by atoms with E-state index >= 15 is 0 Å². The SMILES string of the molecule is COc1cc(C(C)(Nc2ccccc2)C(=O)O)ccc1O. The Morgan fingerprint density at radius 2 is 1.86 bits per heavy atom. The average molecular weight is 287 g/mol. The molecule has 0 amide bonds. The Labute approximate surface area is 122 Å². The minimum atomic E-state index is -1.34. The molecule has 0 aliphatic carbocycles. The summed E-state index contributed by atoms with van der Waals surface area (Å²) in [5.41, 5.74) is -0.176. The largest absolute Gasteiger partial charge is 0.504 e. The van der Waals surface area contributed by atoms with Gasteiger partial charge >= 0.3 is 5.97 Å². The van der Waals surface area contributed by atoms with Crippen molar-refractivity contribution in [2.75, 3.05) is 12.4 Å². The van der Waals surface area contributed by atoms with Crippen molar-refractivity contribution < 1.29 is 19.7 Å². The van der Waals surface area contributed by atoms with E-state index < -0.39 is 11.5 Å². The topological polar surface area (TPSA) is 78.8 Å². The second-order valence-corrected chi connectivity index (χ2v) is 4.81. The first-order valence-electron chi connectivity index (χ1n) is 6.41. The Kier molecular flexibility index (Phi) is 4.03. The number of benzene rings is 2. The number of ether oxygens (including phenoxy) is 1. The van der Waals surface area contributed by atoms with Crippen molar-refractivity contribution in [3.63, 3.8) is 0 Å². The van der Waals surface area contributed by atoms with Crippen LogP contribution in [0.5, 0.6) is 11.5 Å². The Hall–Kier alpha value is -2.69. The van der Waals surface area contributed by atoms with Crippen LogP contribution < -0.4 is 10.1 Å². The molecule has 0 spiro atoms. The Bertz CT molecular complexity index is 642. The minimum absolute atomic E-state index is 0.0336. The van der Waals surface area contributed by atoms with Crippen molar-refractivity contribution in [3.05, 3.63) is 54.1 Å². The van der Waals surface area contributed by atoms with Crippen LogP contribution in [-0.2, 0) is 10.3 Å². The first-order chi connectivity index (χ1) is 9.97. The number of anilines is 1. The zero-order valence-electron chi connectivity index (χ0n) is 11.8. The van der Waals surface area contributed by atoms with E-state index in [4.69, 9.17) is 4.74 Å². The average Bonchev–Trinajstić information content (AvgIpc) is 2.48. The lowest BCUT2D eigenvalue weighted by molar-refractivity contribution is -0.142. The summed E-state index contributed by atoms with van der Waals surface area (Å²) < 4.78 is 5.04. The molecule has 0 aliphatic rings. The molecule has 0 bridgehead atoms. The molecule has 2 rings (SSSR count). The maximum atomic E-state index is 11.7. The normalized spacial score (nSPS) is 13.2. The number of phenols is 1. The quantitative estimate of drug-likeness (QED) is 0.788. The van der Waals surface area contributed by atoms with Crippen molar-refractivity contribution in [1.82, 2.24) is 0 Å². The highest BCUT2D eigenvalue weighted by Gasteiger charge is 2.35. The lowest BCUT2D eigenvalue weighted by atomic mass is 9.91. The lowest BCUT2D eigenvalue weighted by Gasteiger charge is -2.28. The van der Waals surface area contributed by atoms with Gasteiger partial charge in [0.25, 0.3) is 0 Å². The highest BCUT2D eigenvalue weighted by atomic mass is 16.5. The molecule has 1 atom stereocenters. The smallest absolute Gasteiger partial charge is 0.333 e. The van der Waals surface area contributed by atoms with Gasteiger partial charge in [0.15, 0.2) is 17.0 Å². The molecule has 0 saturated carbocycles. The zero-order valence-corrected chi connectivity index (χ0v) is 11.8. The van der Waals surface area contributed by atoms with E-state index in [1.165, 1.54) is 19.2 Å². The molecule has 0 heterocycles. The van der Waals surface area contributed by atoms with Crippen LogP contribution in [0.3, 0.4) is 0 Å². The monoisotopic (exact) mass is 287 g/mol. The molecule has 1 unspecified atom stereocenters. The molecular weight excluding hydrogens is 270 g/mol. The standard InChI is InChI=1S/C16H17NO4/c1-16(15(19)20,17-12-6-4-3-5-7-12)11-8-9-13(18)14(10-11)21-2/h3-10,17-18H,1-2H3,(H,19,20). The van der Waals surface area contributed by atoms with Crippen LogP contribution in [0.2, 0.25) is 0 Å².